The lowest BCUT2D eigenvalue weighted by Gasteiger charge is -2.15. The van der Waals surface area contributed by atoms with Crippen molar-refractivity contribution in [3.63, 3.8) is 0 Å². The Labute approximate surface area is 59.8 Å². The zero-order valence-corrected chi connectivity index (χ0v) is 5.60. The summed E-state index contributed by atoms with van der Waals surface area (Å²) in [6.07, 6.45) is 3.98. The van der Waals surface area contributed by atoms with Gasteiger partial charge in [-0.2, -0.15) is 0 Å². The van der Waals surface area contributed by atoms with E-state index in [9.17, 15) is 0 Å². The summed E-state index contributed by atoms with van der Waals surface area (Å²) in [4.78, 5) is 0. The minimum Gasteiger partial charge on any atom is -0.350 e. The summed E-state index contributed by atoms with van der Waals surface area (Å²) in [7, 11) is 0. The van der Waals surface area contributed by atoms with Crippen molar-refractivity contribution in [1.29, 1.82) is 0 Å². The summed E-state index contributed by atoms with van der Waals surface area (Å²) < 4.78 is 7.05. The first-order valence-corrected chi connectivity index (χ1v) is 3.32. The highest BCUT2D eigenvalue weighted by atomic mass is 16.5. The van der Waals surface area contributed by atoms with Crippen molar-refractivity contribution in [2.75, 3.05) is 18.2 Å². The molecule has 1 fully saturated rings. The quantitative estimate of drug-likeness (QED) is 0.563. The van der Waals surface area contributed by atoms with Gasteiger partial charge in [-0.3, -0.25) is 9.69 Å². The summed E-state index contributed by atoms with van der Waals surface area (Å²) in [5, 5.41) is 2.01. The second-order valence-corrected chi connectivity index (χ2v) is 2.20. The van der Waals surface area contributed by atoms with Gasteiger partial charge in [0.05, 0.1) is 13.2 Å². The van der Waals surface area contributed by atoms with Gasteiger partial charge in [0, 0.05) is 12.4 Å². The molecule has 3 nitrogen and oxygen atoms in total. The molecule has 1 aliphatic heterocycles. The van der Waals surface area contributed by atoms with Crippen molar-refractivity contribution in [2.24, 2.45) is 0 Å². The number of hydrogen-bond acceptors (Lipinski definition) is 2. The SMILES string of the molecule is [CH]1OCCN1n1cccc1. The van der Waals surface area contributed by atoms with Gasteiger partial charge in [0.1, 0.15) is 0 Å². The summed E-state index contributed by atoms with van der Waals surface area (Å²) >= 11 is 0. The van der Waals surface area contributed by atoms with Crippen molar-refractivity contribution in [1.82, 2.24) is 4.68 Å². The fourth-order valence-corrected chi connectivity index (χ4v) is 1.00. The van der Waals surface area contributed by atoms with Crippen LogP contribution in [0.4, 0.5) is 0 Å². The third kappa shape index (κ3) is 0.885. The second-order valence-electron chi connectivity index (χ2n) is 2.20. The Balaban J connectivity index is 2.12. The molecule has 1 aliphatic rings. The van der Waals surface area contributed by atoms with Crippen molar-refractivity contribution >= 4 is 0 Å². The Morgan fingerprint density at radius 2 is 2.00 bits per heavy atom. The lowest BCUT2D eigenvalue weighted by atomic mass is 10.7. The minimum atomic E-state index is 0.790. The number of rotatable bonds is 1. The fourth-order valence-electron chi connectivity index (χ4n) is 1.00. The smallest absolute Gasteiger partial charge is 0.190 e. The van der Waals surface area contributed by atoms with Crippen LogP contribution < -0.4 is 5.01 Å². The van der Waals surface area contributed by atoms with Gasteiger partial charge < -0.3 is 4.74 Å². The van der Waals surface area contributed by atoms with Crippen LogP contribution in [0.3, 0.4) is 0 Å². The van der Waals surface area contributed by atoms with E-state index in [4.69, 9.17) is 4.74 Å². The zero-order valence-electron chi connectivity index (χ0n) is 5.60. The third-order valence-electron chi connectivity index (χ3n) is 1.52. The van der Waals surface area contributed by atoms with Crippen LogP contribution in [0.15, 0.2) is 24.5 Å². The van der Waals surface area contributed by atoms with E-state index in [1.165, 1.54) is 0 Å². The van der Waals surface area contributed by atoms with E-state index in [2.05, 4.69) is 0 Å². The predicted octanol–water partition coefficient (Wildman–Crippen LogP) is 0.576. The number of ether oxygens (including phenoxy) is 1. The Bertz CT molecular complexity index is 189. The van der Waals surface area contributed by atoms with Gasteiger partial charge in [-0.25, -0.2) is 0 Å². The van der Waals surface area contributed by atoms with E-state index < -0.39 is 0 Å². The highest BCUT2D eigenvalue weighted by Gasteiger charge is 2.11. The third-order valence-corrected chi connectivity index (χ3v) is 1.52. The van der Waals surface area contributed by atoms with Crippen LogP contribution in [0.2, 0.25) is 0 Å². The molecule has 2 heterocycles. The van der Waals surface area contributed by atoms with Crippen LogP contribution in [0.5, 0.6) is 0 Å². The molecular formula is C7H9N2O. The van der Waals surface area contributed by atoms with Crippen LogP contribution in [0.25, 0.3) is 0 Å². The molecule has 0 bridgehead atoms. The Morgan fingerprint density at radius 1 is 1.20 bits per heavy atom. The highest BCUT2D eigenvalue weighted by Crippen LogP contribution is 2.03. The molecule has 1 radical (unpaired) electrons. The fraction of sp³-hybridized carbons (Fsp3) is 0.286. The van der Waals surface area contributed by atoms with Crippen LogP contribution in [0.1, 0.15) is 0 Å². The number of aromatic nitrogens is 1. The Morgan fingerprint density at radius 3 is 2.60 bits per heavy atom. The summed E-state index contributed by atoms with van der Waals surface area (Å²) in [5.41, 5.74) is 0. The van der Waals surface area contributed by atoms with E-state index >= 15 is 0 Å². The van der Waals surface area contributed by atoms with E-state index in [1.54, 1.807) is 6.73 Å². The zero-order chi connectivity index (χ0) is 6.81. The molecule has 0 atom stereocenters. The monoisotopic (exact) mass is 137 g/mol. The Kier molecular flexibility index (Phi) is 1.36. The van der Waals surface area contributed by atoms with Gasteiger partial charge in [-0.1, -0.05) is 0 Å². The summed E-state index contributed by atoms with van der Waals surface area (Å²) in [5.74, 6) is 0. The predicted molar refractivity (Wildman–Crippen MR) is 37.8 cm³/mol. The van der Waals surface area contributed by atoms with Gasteiger partial charge in [0.15, 0.2) is 6.73 Å². The molecule has 0 unspecified atom stereocenters. The molecule has 0 spiro atoms. The molecule has 10 heavy (non-hydrogen) atoms. The molecule has 2 rings (SSSR count). The van der Waals surface area contributed by atoms with Crippen LogP contribution in [-0.2, 0) is 4.74 Å². The molecular weight excluding hydrogens is 128 g/mol. The maximum atomic E-state index is 5.06. The van der Waals surface area contributed by atoms with E-state index in [0.29, 0.717) is 0 Å². The second kappa shape index (κ2) is 2.34. The van der Waals surface area contributed by atoms with Crippen molar-refractivity contribution in [2.45, 2.75) is 0 Å². The molecule has 0 N–H and O–H groups in total. The van der Waals surface area contributed by atoms with Gasteiger partial charge >= 0.3 is 0 Å². The minimum absolute atomic E-state index is 0.790. The van der Waals surface area contributed by atoms with Crippen LogP contribution in [-0.4, -0.2) is 17.8 Å². The molecule has 53 valence electrons. The van der Waals surface area contributed by atoms with Crippen LogP contribution >= 0.6 is 0 Å². The van der Waals surface area contributed by atoms with Crippen molar-refractivity contribution < 1.29 is 4.74 Å². The van der Waals surface area contributed by atoms with E-state index in [0.717, 1.165) is 13.2 Å². The van der Waals surface area contributed by atoms with Gasteiger partial charge in [0.2, 0.25) is 0 Å². The van der Waals surface area contributed by atoms with Gasteiger partial charge in [-0.05, 0) is 12.1 Å². The maximum absolute atomic E-state index is 5.06. The molecule has 3 heteroatoms. The highest BCUT2D eigenvalue weighted by molar-refractivity contribution is 5.01. The topological polar surface area (TPSA) is 17.4 Å². The molecule has 0 aromatic carbocycles. The molecule has 1 aromatic heterocycles. The lowest BCUT2D eigenvalue weighted by molar-refractivity contribution is 0.255. The van der Waals surface area contributed by atoms with Crippen molar-refractivity contribution in [3.05, 3.63) is 31.3 Å². The van der Waals surface area contributed by atoms with E-state index in [1.807, 2.05) is 34.2 Å². The van der Waals surface area contributed by atoms with Crippen LogP contribution in [0, 0.1) is 6.73 Å². The lowest BCUT2D eigenvalue weighted by Crippen LogP contribution is -2.26. The van der Waals surface area contributed by atoms with E-state index in [-0.39, 0.29) is 0 Å². The summed E-state index contributed by atoms with van der Waals surface area (Å²) in [6.45, 7) is 3.47. The first-order chi connectivity index (χ1) is 4.97. The molecule has 0 aliphatic carbocycles. The standard InChI is InChI=1S/C7H9N2O/c1-2-4-8(3-1)9-5-6-10-7-9/h1-4,7H,5-6H2. The number of hydrogen-bond donors (Lipinski definition) is 0. The molecule has 1 saturated heterocycles. The normalized spacial score (nSPS) is 18.2. The first kappa shape index (κ1) is 5.80. The largest absolute Gasteiger partial charge is 0.350 e. The molecule has 0 saturated carbocycles. The Hall–Kier alpha value is -0.960. The van der Waals surface area contributed by atoms with Gasteiger partial charge in [0.25, 0.3) is 0 Å². The first-order valence-electron chi connectivity index (χ1n) is 3.32. The molecule has 1 aromatic rings. The average molecular weight is 137 g/mol. The number of nitrogens with zero attached hydrogens (tertiary/aromatic N) is 2. The summed E-state index contributed by atoms with van der Waals surface area (Å²) in [6, 6.07) is 3.98. The van der Waals surface area contributed by atoms with Crippen molar-refractivity contribution in [3.8, 4) is 0 Å². The average Bonchev–Trinajstić information content (AvgIpc) is 2.59. The molecule has 0 amide bonds. The maximum Gasteiger partial charge on any atom is 0.190 e. The van der Waals surface area contributed by atoms with Gasteiger partial charge in [-0.15, -0.1) is 0 Å².